The van der Waals surface area contributed by atoms with E-state index < -0.39 is 6.09 Å². The Balaban J connectivity index is 2.08. The van der Waals surface area contributed by atoms with Crippen molar-refractivity contribution in [1.82, 2.24) is 5.06 Å². The first kappa shape index (κ1) is 7.30. The van der Waals surface area contributed by atoms with Gasteiger partial charge in [-0.2, -0.15) is 0 Å². The second-order valence-electron chi connectivity index (χ2n) is 2.31. The molecule has 5 nitrogen and oxygen atoms in total. The summed E-state index contributed by atoms with van der Waals surface area (Å²) in [7, 11) is 0. The number of nitrogens with zero attached hydrogens (tertiary/aromatic N) is 1. The van der Waals surface area contributed by atoms with Crippen LogP contribution in [0.15, 0.2) is 0 Å². The van der Waals surface area contributed by atoms with Crippen LogP contribution in [0.5, 0.6) is 0 Å². The fourth-order valence-electron chi connectivity index (χ4n) is 0.840. The Labute approximate surface area is 58.3 Å². The number of rotatable bonds is 2. The fourth-order valence-corrected chi connectivity index (χ4v) is 0.840. The van der Waals surface area contributed by atoms with Crippen LogP contribution in [0, 0.1) is 5.92 Å². The highest BCUT2D eigenvalue weighted by molar-refractivity contribution is 5.64. The molecule has 0 aromatic rings. The number of aliphatic hydroxyl groups is 1. The van der Waals surface area contributed by atoms with E-state index in [2.05, 4.69) is 4.84 Å². The van der Waals surface area contributed by atoms with Crippen LogP contribution in [0.3, 0.4) is 0 Å². The van der Waals surface area contributed by atoms with Crippen LogP contribution in [0.1, 0.15) is 0 Å². The van der Waals surface area contributed by atoms with E-state index in [9.17, 15) is 4.79 Å². The van der Waals surface area contributed by atoms with Gasteiger partial charge in [0.2, 0.25) is 0 Å². The third-order valence-electron chi connectivity index (χ3n) is 1.40. The smallest absolute Gasteiger partial charge is 0.396 e. The van der Waals surface area contributed by atoms with E-state index in [1.807, 2.05) is 0 Å². The fraction of sp³-hybridized carbons (Fsp3) is 0.800. The van der Waals surface area contributed by atoms with Crippen molar-refractivity contribution in [3.05, 3.63) is 0 Å². The third-order valence-corrected chi connectivity index (χ3v) is 1.40. The number of aliphatic hydroxyl groups excluding tert-OH is 1. The molecule has 10 heavy (non-hydrogen) atoms. The summed E-state index contributed by atoms with van der Waals surface area (Å²) < 4.78 is 0. The zero-order valence-corrected chi connectivity index (χ0v) is 5.49. The molecule has 0 aliphatic carbocycles. The molecule has 1 aliphatic heterocycles. The van der Waals surface area contributed by atoms with E-state index >= 15 is 0 Å². The van der Waals surface area contributed by atoms with Crippen molar-refractivity contribution in [2.75, 3.05) is 19.7 Å². The largest absolute Gasteiger partial charge is 0.423 e. The van der Waals surface area contributed by atoms with Crippen molar-refractivity contribution >= 4 is 6.09 Å². The van der Waals surface area contributed by atoms with Crippen LogP contribution in [0.2, 0.25) is 0 Å². The number of carbonyl (C=O) groups excluding carboxylic acids is 1. The number of hydroxylamine groups is 2. The van der Waals surface area contributed by atoms with Crippen LogP contribution in [-0.2, 0) is 4.84 Å². The van der Waals surface area contributed by atoms with Crippen LogP contribution >= 0.6 is 0 Å². The lowest BCUT2D eigenvalue weighted by Gasteiger charge is -2.35. The average molecular weight is 146 g/mol. The van der Waals surface area contributed by atoms with Crippen LogP contribution in [-0.4, -0.2) is 36.0 Å². The molecule has 3 N–H and O–H groups in total. The van der Waals surface area contributed by atoms with Gasteiger partial charge < -0.3 is 15.7 Å². The van der Waals surface area contributed by atoms with Gasteiger partial charge in [0.15, 0.2) is 0 Å². The van der Waals surface area contributed by atoms with E-state index in [1.54, 1.807) is 0 Å². The molecule has 58 valence electrons. The summed E-state index contributed by atoms with van der Waals surface area (Å²) in [5.74, 6) is 0.236. The Morgan fingerprint density at radius 1 is 1.80 bits per heavy atom. The number of primary amides is 1. The Morgan fingerprint density at radius 3 is 2.80 bits per heavy atom. The average Bonchev–Trinajstić information content (AvgIpc) is 1.76. The molecule has 1 rings (SSSR count). The first-order valence-corrected chi connectivity index (χ1v) is 3.05. The van der Waals surface area contributed by atoms with Crippen LogP contribution in [0.25, 0.3) is 0 Å². The maximum Gasteiger partial charge on any atom is 0.423 e. The number of nitrogens with two attached hydrogens (primary N) is 1. The van der Waals surface area contributed by atoms with Gasteiger partial charge in [-0.05, 0) is 0 Å². The summed E-state index contributed by atoms with van der Waals surface area (Å²) in [4.78, 5) is 14.6. The predicted octanol–water partition coefficient (Wildman–Crippen LogP) is -1.08. The van der Waals surface area contributed by atoms with E-state index in [1.165, 1.54) is 5.06 Å². The molecule has 1 saturated heterocycles. The summed E-state index contributed by atoms with van der Waals surface area (Å²) >= 11 is 0. The van der Waals surface area contributed by atoms with Crippen molar-refractivity contribution in [2.24, 2.45) is 11.7 Å². The molecular formula is C5H10N2O3. The first-order valence-electron chi connectivity index (χ1n) is 3.05. The summed E-state index contributed by atoms with van der Waals surface area (Å²) in [5.41, 5.74) is 4.72. The molecular weight excluding hydrogens is 136 g/mol. The third kappa shape index (κ3) is 1.58. The van der Waals surface area contributed by atoms with Gasteiger partial charge in [-0.1, -0.05) is 0 Å². The highest BCUT2D eigenvalue weighted by atomic mass is 16.7. The summed E-state index contributed by atoms with van der Waals surface area (Å²) in [6.45, 7) is 1.30. The molecule has 0 radical (unpaired) electrons. The van der Waals surface area contributed by atoms with Crippen molar-refractivity contribution < 1.29 is 14.7 Å². The van der Waals surface area contributed by atoms with Gasteiger partial charge in [0.1, 0.15) is 0 Å². The Kier molecular flexibility index (Phi) is 2.08. The molecule has 0 atom stereocenters. The number of amides is 1. The molecule has 1 amide bonds. The van der Waals surface area contributed by atoms with Gasteiger partial charge in [-0.25, -0.2) is 4.79 Å². The lowest BCUT2D eigenvalue weighted by Crippen LogP contribution is -2.49. The van der Waals surface area contributed by atoms with Gasteiger partial charge in [-0.3, -0.25) is 0 Å². The standard InChI is InChI=1S/C5H10N2O3/c6-5(9)10-7-1-4(2-7)3-8/h4,8H,1-3H2,(H2,6,9). The van der Waals surface area contributed by atoms with Crippen molar-refractivity contribution in [3.63, 3.8) is 0 Å². The lowest BCUT2D eigenvalue weighted by atomic mass is 10.1. The zero-order valence-electron chi connectivity index (χ0n) is 5.49. The molecule has 0 saturated carbocycles. The molecule has 0 aromatic carbocycles. The van der Waals surface area contributed by atoms with E-state index in [0.717, 1.165) is 0 Å². The molecule has 0 aromatic heterocycles. The molecule has 5 heteroatoms. The monoisotopic (exact) mass is 146 g/mol. The highest BCUT2D eigenvalue weighted by Crippen LogP contribution is 2.13. The van der Waals surface area contributed by atoms with Crippen LogP contribution < -0.4 is 5.73 Å². The quantitative estimate of drug-likeness (QED) is 0.519. The number of hydrogen-bond acceptors (Lipinski definition) is 4. The first-order chi connectivity index (χ1) is 4.72. The Morgan fingerprint density at radius 2 is 2.40 bits per heavy atom. The molecule has 1 aliphatic rings. The van der Waals surface area contributed by atoms with Gasteiger partial charge >= 0.3 is 6.09 Å². The van der Waals surface area contributed by atoms with Gasteiger partial charge in [0, 0.05) is 25.6 Å². The van der Waals surface area contributed by atoms with Gasteiger partial charge in [0.25, 0.3) is 0 Å². The number of hydrogen-bond donors (Lipinski definition) is 2. The molecule has 0 bridgehead atoms. The van der Waals surface area contributed by atoms with Gasteiger partial charge in [-0.15, -0.1) is 5.06 Å². The minimum absolute atomic E-state index is 0.138. The summed E-state index contributed by atoms with van der Waals surface area (Å²) in [6, 6.07) is 0. The maximum absolute atomic E-state index is 10.1. The molecule has 0 spiro atoms. The van der Waals surface area contributed by atoms with Crippen molar-refractivity contribution in [3.8, 4) is 0 Å². The van der Waals surface area contributed by atoms with E-state index in [0.29, 0.717) is 13.1 Å². The maximum atomic E-state index is 10.1. The molecule has 1 heterocycles. The second kappa shape index (κ2) is 2.85. The van der Waals surface area contributed by atoms with Gasteiger partial charge in [0.05, 0.1) is 0 Å². The van der Waals surface area contributed by atoms with E-state index in [-0.39, 0.29) is 12.5 Å². The molecule has 1 fully saturated rings. The normalized spacial score (nSPS) is 20.1. The number of carbonyl (C=O) groups is 1. The minimum Gasteiger partial charge on any atom is -0.396 e. The lowest BCUT2D eigenvalue weighted by molar-refractivity contribution is -0.173. The minimum atomic E-state index is -0.795. The van der Waals surface area contributed by atoms with Crippen molar-refractivity contribution in [2.45, 2.75) is 0 Å². The van der Waals surface area contributed by atoms with Crippen molar-refractivity contribution in [1.29, 1.82) is 0 Å². The Hall–Kier alpha value is -0.810. The summed E-state index contributed by atoms with van der Waals surface area (Å²) in [6.07, 6.45) is -0.795. The van der Waals surface area contributed by atoms with Crippen LogP contribution in [0.4, 0.5) is 4.79 Å². The zero-order chi connectivity index (χ0) is 7.56. The predicted molar refractivity (Wildman–Crippen MR) is 32.8 cm³/mol. The highest BCUT2D eigenvalue weighted by Gasteiger charge is 2.28. The van der Waals surface area contributed by atoms with E-state index in [4.69, 9.17) is 10.8 Å². The Bertz CT molecular complexity index is 133. The second-order valence-corrected chi connectivity index (χ2v) is 2.31. The molecule has 0 unspecified atom stereocenters. The topological polar surface area (TPSA) is 75.8 Å². The SMILES string of the molecule is NC(=O)ON1CC(CO)C1. The summed E-state index contributed by atoms with van der Waals surface area (Å²) in [5, 5.41) is 9.96.